The molecule has 0 bridgehead atoms. The number of benzene rings is 1. The van der Waals surface area contributed by atoms with Gasteiger partial charge in [-0.3, -0.25) is 4.68 Å². The van der Waals surface area contributed by atoms with E-state index >= 15 is 0 Å². The highest BCUT2D eigenvalue weighted by Gasteiger charge is 2.19. The topological polar surface area (TPSA) is 77.7 Å². The van der Waals surface area contributed by atoms with Gasteiger partial charge in [-0.25, -0.2) is 9.38 Å². The van der Waals surface area contributed by atoms with E-state index in [-0.39, 0.29) is 11.9 Å². The summed E-state index contributed by atoms with van der Waals surface area (Å²) in [7, 11) is 1.94. The van der Waals surface area contributed by atoms with Gasteiger partial charge < -0.3 is 20.6 Å². The second kappa shape index (κ2) is 9.93. The van der Waals surface area contributed by atoms with Crippen LogP contribution in [-0.4, -0.2) is 46.6 Å². The highest BCUT2D eigenvalue weighted by molar-refractivity contribution is 5.79. The fraction of sp³-hybridized carbons (Fsp3) is 0.545. The van der Waals surface area contributed by atoms with Crippen LogP contribution in [0.2, 0.25) is 0 Å². The summed E-state index contributed by atoms with van der Waals surface area (Å²) < 4.78 is 16.6. The molecule has 0 saturated carbocycles. The van der Waals surface area contributed by atoms with E-state index in [1.54, 1.807) is 6.07 Å². The van der Waals surface area contributed by atoms with Gasteiger partial charge in [0.1, 0.15) is 5.82 Å². The molecule has 1 aliphatic heterocycles. The van der Waals surface area contributed by atoms with E-state index in [0.29, 0.717) is 50.7 Å². The number of anilines is 1. The van der Waals surface area contributed by atoms with Crippen LogP contribution in [0.3, 0.4) is 0 Å². The number of hydrogen-bond donors (Lipinski definition) is 3. The van der Waals surface area contributed by atoms with Crippen LogP contribution in [0, 0.1) is 19.7 Å². The molecule has 7 nitrogen and oxygen atoms in total. The molecule has 1 aliphatic rings. The first-order valence-electron chi connectivity index (χ1n) is 10.6. The summed E-state index contributed by atoms with van der Waals surface area (Å²) in [6.45, 7) is 9.18. The van der Waals surface area contributed by atoms with Crippen LogP contribution in [0.15, 0.2) is 23.2 Å². The van der Waals surface area contributed by atoms with E-state index in [0.717, 1.165) is 29.1 Å². The summed E-state index contributed by atoms with van der Waals surface area (Å²) in [5, 5.41) is 20.7. The summed E-state index contributed by atoms with van der Waals surface area (Å²) in [4.78, 5) is 6.61. The van der Waals surface area contributed by atoms with Gasteiger partial charge in [-0.2, -0.15) is 5.10 Å². The Morgan fingerprint density at radius 1 is 1.27 bits per heavy atom. The average molecular weight is 417 g/mol. The van der Waals surface area contributed by atoms with E-state index in [2.05, 4.69) is 27.6 Å². The Morgan fingerprint density at radius 2 is 2.00 bits per heavy atom. The lowest BCUT2D eigenvalue weighted by atomic mass is 10.1. The molecule has 1 saturated heterocycles. The number of guanidine groups is 1. The molecule has 0 radical (unpaired) electrons. The zero-order chi connectivity index (χ0) is 21.7. The van der Waals surface area contributed by atoms with Crippen LogP contribution in [-0.2, 0) is 20.1 Å². The minimum Gasteiger partial charge on any atom is -0.393 e. The van der Waals surface area contributed by atoms with Crippen LogP contribution in [0.5, 0.6) is 0 Å². The standard InChI is InChI=1S/C22H33FN6O/c1-5-24-22(26-14-19-15(2)27-28(4)16(19)3)25-13-17-6-7-21(20(23)12-17)29-10-8-18(30)9-11-29/h6-7,12,18,30H,5,8-11,13-14H2,1-4H3,(H2,24,25,26). The second-order valence-corrected chi connectivity index (χ2v) is 7.83. The monoisotopic (exact) mass is 416 g/mol. The minimum atomic E-state index is -0.269. The number of nitrogens with zero attached hydrogens (tertiary/aromatic N) is 4. The number of aryl methyl sites for hydroxylation is 2. The van der Waals surface area contributed by atoms with Gasteiger partial charge in [0.2, 0.25) is 0 Å². The van der Waals surface area contributed by atoms with Crippen molar-refractivity contribution in [2.75, 3.05) is 24.5 Å². The second-order valence-electron chi connectivity index (χ2n) is 7.83. The normalized spacial score (nSPS) is 15.5. The first-order chi connectivity index (χ1) is 14.4. The summed E-state index contributed by atoms with van der Waals surface area (Å²) in [5.41, 5.74) is 4.70. The van der Waals surface area contributed by atoms with E-state index in [9.17, 15) is 9.50 Å². The van der Waals surface area contributed by atoms with Gasteiger partial charge in [0.15, 0.2) is 5.96 Å². The van der Waals surface area contributed by atoms with Crippen LogP contribution in [0.1, 0.15) is 42.3 Å². The van der Waals surface area contributed by atoms with Crippen LogP contribution in [0.4, 0.5) is 10.1 Å². The first kappa shape index (κ1) is 22.1. The third-order valence-corrected chi connectivity index (χ3v) is 5.67. The Labute approximate surface area is 178 Å². The number of halogens is 1. The Kier molecular flexibility index (Phi) is 7.31. The molecule has 0 amide bonds. The Bertz CT molecular complexity index is 886. The highest BCUT2D eigenvalue weighted by Crippen LogP contribution is 2.24. The molecule has 164 valence electrons. The fourth-order valence-electron chi connectivity index (χ4n) is 3.77. The minimum absolute atomic E-state index is 0.237. The van der Waals surface area contributed by atoms with Crippen LogP contribution < -0.4 is 15.5 Å². The lowest BCUT2D eigenvalue weighted by Crippen LogP contribution is -2.37. The number of aliphatic imine (C=N–C) groups is 1. The van der Waals surface area contributed by atoms with E-state index in [1.807, 2.05) is 42.6 Å². The van der Waals surface area contributed by atoms with E-state index < -0.39 is 0 Å². The predicted octanol–water partition coefficient (Wildman–Crippen LogP) is 2.39. The Hall–Kier alpha value is -2.61. The molecule has 2 heterocycles. The maximum Gasteiger partial charge on any atom is 0.191 e. The summed E-state index contributed by atoms with van der Waals surface area (Å²) in [6.07, 6.45) is 1.09. The molecule has 30 heavy (non-hydrogen) atoms. The number of hydrogen-bond acceptors (Lipinski definition) is 4. The van der Waals surface area contributed by atoms with Crippen molar-refractivity contribution in [3.63, 3.8) is 0 Å². The number of rotatable bonds is 6. The lowest BCUT2D eigenvalue weighted by Gasteiger charge is -2.31. The third kappa shape index (κ3) is 5.30. The van der Waals surface area contributed by atoms with Gasteiger partial charge >= 0.3 is 0 Å². The largest absolute Gasteiger partial charge is 0.393 e. The smallest absolute Gasteiger partial charge is 0.191 e. The number of piperidine rings is 1. The molecule has 3 N–H and O–H groups in total. The van der Waals surface area contributed by atoms with Crippen molar-refractivity contribution in [2.24, 2.45) is 12.0 Å². The van der Waals surface area contributed by atoms with Crippen molar-refractivity contribution in [3.8, 4) is 0 Å². The van der Waals surface area contributed by atoms with Gasteiger partial charge in [0, 0.05) is 44.5 Å². The van der Waals surface area contributed by atoms with Crippen molar-refractivity contribution in [1.29, 1.82) is 0 Å². The zero-order valence-corrected chi connectivity index (χ0v) is 18.4. The van der Waals surface area contributed by atoms with Crippen molar-refractivity contribution in [2.45, 2.75) is 52.8 Å². The number of aliphatic hydroxyl groups is 1. The maximum absolute atomic E-state index is 14.7. The van der Waals surface area contributed by atoms with Gasteiger partial charge in [-0.05, 0) is 51.3 Å². The maximum atomic E-state index is 14.7. The van der Waals surface area contributed by atoms with Gasteiger partial charge in [-0.15, -0.1) is 0 Å². The lowest BCUT2D eigenvalue weighted by molar-refractivity contribution is 0.145. The SMILES string of the molecule is CCNC(=NCc1ccc(N2CCC(O)CC2)c(F)c1)NCc1c(C)nn(C)c1C. The summed E-state index contributed by atoms with van der Waals surface area (Å²) in [5.74, 6) is 0.452. The predicted molar refractivity (Wildman–Crippen MR) is 118 cm³/mol. The highest BCUT2D eigenvalue weighted by atomic mass is 19.1. The number of aromatic nitrogens is 2. The van der Waals surface area contributed by atoms with E-state index in [4.69, 9.17) is 0 Å². The first-order valence-corrected chi connectivity index (χ1v) is 10.6. The molecule has 0 aliphatic carbocycles. The van der Waals surface area contributed by atoms with Crippen LogP contribution in [0.25, 0.3) is 0 Å². The van der Waals surface area contributed by atoms with Crippen molar-refractivity contribution < 1.29 is 9.50 Å². The molecule has 0 atom stereocenters. The molecule has 3 rings (SSSR count). The van der Waals surface area contributed by atoms with Crippen molar-refractivity contribution in [1.82, 2.24) is 20.4 Å². The molecule has 1 aromatic heterocycles. The van der Waals surface area contributed by atoms with Gasteiger partial charge in [-0.1, -0.05) is 6.07 Å². The third-order valence-electron chi connectivity index (χ3n) is 5.67. The summed E-state index contributed by atoms with van der Waals surface area (Å²) in [6, 6.07) is 5.30. The van der Waals surface area contributed by atoms with Gasteiger partial charge in [0.25, 0.3) is 0 Å². The Morgan fingerprint density at radius 3 is 2.60 bits per heavy atom. The van der Waals surface area contributed by atoms with Crippen molar-refractivity contribution in [3.05, 3.63) is 46.5 Å². The average Bonchev–Trinajstić information content (AvgIpc) is 2.96. The van der Waals surface area contributed by atoms with Crippen molar-refractivity contribution >= 4 is 11.6 Å². The summed E-state index contributed by atoms with van der Waals surface area (Å²) >= 11 is 0. The molecule has 2 aromatic rings. The van der Waals surface area contributed by atoms with Gasteiger partial charge in [0.05, 0.1) is 24.0 Å². The molecular weight excluding hydrogens is 383 g/mol. The quantitative estimate of drug-likeness (QED) is 0.498. The fourth-order valence-corrected chi connectivity index (χ4v) is 3.77. The van der Waals surface area contributed by atoms with Crippen LogP contribution >= 0.6 is 0 Å². The Balaban J connectivity index is 1.64. The molecular formula is C22H33FN6O. The molecule has 1 aromatic carbocycles. The van der Waals surface area contributed by atoms with E-state index in [1.165, 1.54) is 0 Å². The number of nitrogens with one attached hydrogen (secondary N) is 2. The molecule has 0 unspecified atom stereocenters. The molecule has 1 fully saturated rings. The molecule has 8 heteroatoms. The molecule has 0 spiro atoms. The number of aliphatic hydroxyl groups excluding tert-OH is 1. The zero-order valence-electron chi connectivity index (χ0n) is 18.4.